The molecule has 2 aromatic rings. The highest BCUT2D eigenvalue weighted by Crippen LogP contribution is 2.40. The summed E-state index contributed by atoms with van der Waals surface area (Å²) >= 11 is 0. The summed E-state index contributed by atoms with van der Waals surface area (Å²) in [5.74, 6) is -1.26. The summed E-state index contributed by atoms with van der Waals surface area (Å²) in [6.07, 6.45) is 1.59. The van der Waals surface area contributed by atoms with Crippen LogP contribution in [0, 0.1) is 17.7 Å². The van der Waals surface area contributed by atoms with Crippen LogP contribution < -0.4 is 10.2 Å². The smallest absolute Gasteiger partial charge is 0.364 e. The fraction of sp³-hybridized carbons (Fsp3) is 0.556. The van der Waals surface area contributed by atoms with Gasteiger partial charge in [-0.05, 0) is 50.5 Å². The summed E-state index contributed by atoms with van der Waals surface area (Å²) < 4.78 is 54.3. The van der Waals surface area contributed by atoms with Crippen molar-refractivity contribution in [2.45, 2.75) is 51.7 Å². The molecule has 36 heavy (non-hydrogen) atoms. The Morgan fingerprint density at radius 3 is 2.47 bits per heavy atom. The lowest BCUT2D eigenvalue weighted by molar-refractivity contribution is -0.183. The lowest BCUT2D eigenvalue weighted by atomic mass is 9.81. The highest BCUT2D eigenvalue weighted by molar-refractivity contribution is 5.51. The number of aromatic nitrogens is 2. The molecule has 1 saturated carbocycles. The maximum Gasteiger partial charge on any atom is 0.391 e. The minimum atomic E-state index is -4.12. The molecule has 1 aliphatic heterocycles. The van der Waals surface area contributed by atoms with Gasteiger partial charge in [-0.3, -0.25) is 4.90 Å². The largest absolute Gasteiger partial charge is 0.391 e. The normalized spacial score (nSPS) is 21.2. The molecule has 4 rings (SSSR count). The van der Waals surface area contributed by atoms with E-state index >= 15 is 4.39 Å². The van der Waals surface area contributed by atoms with Crippen LogP contribution in [0.3, 0.4) is 0 Å². The molecule has 1 aromatic carbocycles. The third-order valence-electron chi connectivity index (χ3n) is 7.36. The van der Waals surface area contributed by atoms with Gasteiger partial charge < -0.3 is 10.2 Å². The van der Waals surface area contributed by atoms with Crippen LogP contribution in [0.4, 0.5) is 29.2 Å². The van der Waals surface area contributed by atoms with Gasteiger partial charge in [0.25, 0.3) is 0 Å². The van der Waals surface area contributed by atoms with Crippen molar-refractivity contribution < 1.29 is 17.6 Å². The number of benzene rings is 1. The lowest BCUT2D eigenvalue weighted by Crippen LogP contribution is -2.35. The van der Waals surface area contributed by atoms with Crippen molar-refractivity contribution in [3.63, 3.8) is 0 Å². The maximum absolute atomic E-state index is 15.3. The molecule has 0 amide bonds. The molecule has 0 atom stereocenters. The van der Waals surface area contributed by atoms with Crippen molar-refractivity contribution in [2.24, 2.45) is 11.8 Å². The van der Waals surface area contributed by atoms with Gasteiger partial charge in [-0.1, -0.05) is 42.0 Å². The van der Waals surface area contributed by atoms with E-state index in [4.69, 9.17) is 0 Å². The average molecular weight is 506 g/mol. The van der Waals surface area contributed by atoms with Gasteiger partial charge >= 0.3 is 6.18 Å². The summed E-state index contributed by atoms with van der Waals surface area (Å²) in [4.78, 5) is 12.5. The number of hydrogen-bond acceptors (Lipinski definition) is 5. The van der Waals surface area contributed by atoms with Crippen LogP contribution in [0.5, 0.6) is 0 Å². The van der Waals surface area contributed by atoms with Gasteiger partial charge in [-0.15, -0.1) is 0 Å². The van der Waals surface area contributed by atoms with E-state index in [-0.39, 0.29) is 30.4 Å². The van der Waals surface area contributed by atoms with E-state index < -0.39 is 17.9 Å². The quantitative estimate of drug-likeness (QED) is 0.332. The third kappa shape index (κ3) is 6.96. The first-order valence-corrected chi connectivity index (χ1v) is 12.8. The van der Waals surface area contributed by atoms with Gasteiger partial charge in [0, 0.05) is 39.3 Å². The van der Waals surface area contributed by atoms with Gasteiger partial charge in [0.15, 0.2) is 11.6 Å². The molecule has 0 unspecified atom stereocenters. The van der Waals surface area contributed by atoms with E-state index in [2.05, 4.69) is 38.4 Å². The van der Waals surface area contributed by atoms with E-state index in [0.717, 1.165) is 26.1 Å². The molecule has 0 saturated heterocycles. The van der Waals surface area contributed by atoms with Crippen LogP contribution >= 0.6 is 0 Å². The molecule has 0 radical (unpaired) electrons. The van der Waals surface area contributed by atoms with Crippen LogP contribution in [0.15, 0.2) is 48.3 Å². The van der Waals surface area contributed by atoms with Crippen LogP contribution in [-0.2, 0) is 6.54 Å². The van der Waals surface area contributed by atoms with Crippen molar-refractivity contribution in [1.29, 1.82) is 0 Å². The van der Waals surface area contributed by atoms with E-state index in [1.54, 1.807) is 0 Å². The fourth-order valence-corrected chi connectivity index (χ4v) is 5.15. The topological polar surface area (TPSA) is 44.3 Å². The number of hydrogen-bond donors (Lipinski definition) is 1. The Morgan fingerprint density at radius 1 is 1.08 bits per heavy atom. The van der Waals surface area contributed by atoms with E-state index in [1.807, 2.05) is 30.0 Å². The standard InChI is InChI=1S/C27H35F4N5/c1-2-36(18-22-8-10-23(11-9-22)27(29,30)31)26-24(28)25(33-19-34-26)32-16-20-12-14-35(15-13-20)17-21-6-4-3-5-7-21/h3-7,12,19,22-23H,2,8-11,13-18H2,1H3,(H,32,33,34). The van der Waals surface area contributed by atoms with Gasteiger partial charge in [-0.2, -0.15) is 17.6 Å². The van der Waals surface area contributed by atoms with Gasteiger partial charge in [-0.25, -0.2) is 9.97 Å². The van der Waals surface area contributed by atoms with E-state index in [0.29, 0.717) is 32.5 Å². The number of alkyl halides is 3. The Kier molecular flexibility index (Phi) is 8.82. The zero-order valence-corrected chi connectivity index (χ0v) is 20.8. The molecule has 0 spiro atoms. The second kappa shape index (κ2) is 12.0. The molecule has 1 aromatic heterocycles. The minimum absolute atomic E-state index is 0.0977. The Hall–Kier alpha value is -2.68. The molecule has 2 aliphatic rings. The monoisotopic (exact) mass is 505 g/mol. The number of anilines is 2. The zero-order chi connectivity index (χ0) is 25.5. The van der Waals surface area contributed by atoms with Crippen LogP contribution in [-0.4, -0.2) is 53.8 Å². The zero-order valence-electron chi connectivity index (χ0n) is 20.8. The Balaban J connectivity index is 1.30. The van der Waals surface area contributed by atoms with Gasteiger partial charge in [0.05, 0.1) is 5.92 Å². The Bertz CT molecular complexity index is 1000. The van der Waals surface area contributed by atoms with Crippen LogP contribution in [0.2, 0.25) is 0 Å². The second-order valence-corrected chi connectivity index (χ2v) is 9.84. The summed E-state index contributed by atoms with van der Waals surface area (Å²) in [5.41, 5.74) is 2.50. The summed E-state index contributed by atoms with van der Waals surface area (Å²) in [7, 11) is 0. The first-order valence-electron chi connectivity index (χ1n) is 12.8. The molecule has 0 bridgehead atoms. The van der Waals surface area contributed by atoms with Crippen LogP contribution in [0.25, 0.3) is 0 Å². The van der Waals surface area contributed by atoms with E-state index in [9.17, 15) is 13.2 Å². The van der Waals surface area contributed by atoms with E-state index in [1.165, 1.54) is 17.5 Å². The van der Waals surface area contributed by atoms with Gasteiger partial charge in [0.1, 0.15) is 6.33 Å². The second-order valence-electron chi connectivity index (χ2n) is 9.84. The van der Waals surface area contributed by atoms with Crippen molar-refractivity contribution in [1.82, 2.24) is 14.9 Å². The van der Waals surface area contributed by atoms with Crippen molar-refractivity contribution >= 4 is 11.6 Å². The molecular weight excluding hydrogens is 470 g/mol. The first kappa shape index (κ1) is 26.4. The summed E-state index contributed by atoms with van der Waals surface area (Å²) in [5, 5.41) is 3.13. The summed E-state index contributed by atoms with van der Waals surface area (Å²) in [6.45, 7) is 6.15. The number of halogens is 4. The van der Waals surface area contributed by atoms with Crippen molar-refractivity contribution in [2.75, 3.05) is 42.9 Å². The fourth-order valence-electron chi connectivity index (χ4n) is 5.15. The molecular formula is C27H35F4N5. The molecule has 1 N–H and O–H groups in total. The Labute approximate surface area is 210 Å². The highest BCUT2D eigenvalue weighted by Gasteiger charge is 2.41. The number of nitrogens with zero attached hydrogens (tertiary/aromatic N) is 4. The predicted molar refractivity (Wildman–Crippen MR) is 134 cm³/mol. The third-order valence-corrected chi connectivity index (χ3v) is 7.36. The lowest BCUT2D eigenvalue weighted by Gasteiger charge is -2.33. The van der Waals surface area contributed by atoms with Crippen molar-refractivity contribution in [3.05, 3.63) is 59.7 Å². The first-order chi connectivity index (χ1) is 17.3. The molecule has 1 fully saturated rings. The highest BCUT2D eigenvalue weighted by atomic mass is 19.4. The predicted octanol–water partition coefficient (Wildman–Crippen LogP) is 6.05. The number of nitrogens with one attached hydrogen (secondary N) is 1. The number of rotatable bonds is 9. The Morgan fingerprint density at radius 2 is 1.83 bits per heavy atom. The molecule has 2 heterocycles. The van der Waals surface area contributed by atoms with Gasteiger partial charge in [0.2, 0.25) is 5.82 Å². The molecule has 9 heteroatoms. The average Bonchev–Trinajstić information content (AvgIpc) is 2.88. The molecule has 1 aliphatic carbocycles. The SMILES string of the molecule is CCN(CC1CCC(C(F)(F)F)CC1)c1ncnc(NCC2=CCN(Cc3ccccc3)CC2)c1F. The van der Waals surface area contributed by atoms with Crippen LogP contribution in [0.1, 0.15) is 44.6 Å². The summed E-state index contributed by atoms with van der Waals surface area (Å²) in [6, 6.07) is 10.4. The van der Waals surface area contributed by atoms with Crippen molar-refractivity contribution in [3.8, 4) is 0 Å². The minimum Gasteiger partial charge on any atom is -0.364 e. The molecule has 5 nitrogen and oxygen atoms in total. The molecule has 196 valence electrons. The maximum atomic E-state index is 15.3.